The maximum atomic E-state index is 8.86. The number of aromatic nitrogens is 1. The first kappa shape index (κ1) is 15.7. The van der Waals surface area contributed by atoms with E-state index in [9.17, 15) is 0 Å². The van der Waals surface area contributed by atoms with Gasteiger partial charge in [0, 0.05) is 38.9 Å². The molecule has 0 unspecified atom stereocenters. The van der Waals surface area contributed by atoms with E-state index in [1.807, 2.05) is 18.2 Å². The first-order valence-corrected chi connectivity index (χ1v) is 8.54. The van der Waals surface area contributed by atoms with Crippen LogP contribution in [0.2, 0.25) is 0 Å². The van der Waals surface area contributed by atoms with Gasteiger partial charge < -0.3 is 14.4 Å². The average molecular weight is 336 g/mol. The van der Waals surface area contributed by atoms with Gasteiger partial charge in [0.1, 0.15) is 25.1 Å². The molecular formula is C19H20N4O2. The molecule has 0 bridgehead atoms. The monoisotopic (exact) mass is 336 g/mol. The van der Waals surface area contributed by atoms with Crippen molar-refractivity contribution < 1.29 is 9.47 Å². The highest BCUT2D eigenvalue weighted by molar-refractivity contribution is 5.44. The van der Waals surface area contributed by atoms with Crippen molar-refractivity contribution in [3.8, 4) is 17.6 Å². The molecule has 1 aromatic heterocycles. The smallest absolute Gasteiger partial charge is 0.161 e. The Hall–Kier alpha value is -2.78. The van der Waals surface area contributed by atoms with Crippen molar-refractivity contribution in [1.82, 2.24) is 9.88 Å². The SMILES string of the molecule is N#Cc1ccc(N2CCN(Cc3ccc4c(c3)OCCO4)CC2)nc1. The van der Waals surface area contributed by atoms with Gasteiger partial charge in [-0.05, 0) is 29.8 Å². The van der Waals surface area contributed by atoms with Crippen molar-refractivity contribution in [2.75, 3.05) is 44.3 Å². The fourth-order valence-corrected chi connectivity index (χ4v) is 3.22. The Kier molecular flexibility index (Phi) is 4.40. The van der Waals surface area contributed by atoms with Crippen LogP contribution in [0.3, 0.4) is 0 Å². The van der Waals surface area contributed by atoms with Crippen molar-refractivity contribution in [3.63, 3.8) is 0 Å². The lowest BCUT2D eigenvalue weighted by Crippen LogP contribution is -2.46. The number of hydrogen-bond acceptors (Lipinski definition) is 6. The molecule has 1 fully saturated rings. The lowest BCUT2D eigenvalue weighted by molar-refractivity contribution is 0.171. The minimum atomic E-state index is 0.598. The number of hydrogen-bond donors (Lipinski definition) is 0. The standard InChI is InChI=1S/C19H20N4O2/c20-12-16-2-4-19(21-13-16)23-7-5-22(6-8-23)14-15-1-3-17-18(11-15)25-10-9-24-17/h1-4,11,13H,5-10,14H2. The molecule has 1 saturated heterocycles. The number of ether oxygens (including phenoxy) is 2. The van der Waals surface area contributed by atoms with E-state index in [0.29, 0.717) is 18.8 Å². The number of fused-ring (bicyclic) bond motifs is 1. The van der Waals surface area contributed by atoms with E-state index in [-0.39, 0.29) is 0 Å². The van der Waals surface area contributed by atoms with Gasteiger partial charge in [-0.15, -0.1) is 0 Å². The first-order chi connectivity index (χ1) is 12.3. The number of nitrogens with zero attached hydrogens (tertiary/aromatic N) is 4. The summed E-state index contributed by atoms with van der Waals surface area (Å²) in [6, 6.07) is 12.1. The van der Waals surface area contributed by atoms with Crippen molar-refractivity contribution in [2.45, 2.75) is 6.54 Å². The summed E-state index contributed by atoms with van der Waals surface area (Å²) in [4.78, 5) is 9.09. The van der Waals surface area contributed by atoms with Gasteiger partial charge in [0.2, 0.25) is 0 Å². The molecule has 4 rings (SSSR count). The second kappa shape index (κ2) is 6.99. The molecule has 2 aromatic rings. The zero-order valence-electron chi connectivity index (χ0n) is 14.0. The van der Waals surface area contributed by atoms with Crippen LogP contribution in [-0.4, -0.2) is 49.3 Å². The number of pyridine rings is 1. The maximum Gasteiger partial charge on any atom is 0.161 e. The van der Waals surface area contributed by atoms with Gasteiger partial charge >= 0.3 is 0 Å². The number of rotatable bonds is 3. The third kappa shape index (κ3) is 3.52. The van der Waals surface area contributed by atoms with Crippen molar-refractivity contribution in [2.24, 2.45) is 0 Å². The van der Waals surface area contributed by atoms with Gasteiger partial charge in [-0.1, -0.05) is 6.07 Å². The Balaban J connectivity index is 1.35. The van der Waals surface area contributed by atoms with E-state index >= 15 is 0 Å². The van der Waals surface area contributed by atoms with Crippen LogP contribution < -0.4 is 14.4 Å². The van der Waals surface area contributed by atoms with Crippen LogP contribution in [-0.2, 0) is 6.54 Å². The normalized spacial score (nSPS) is 17.2. The molecule has 0 radical (unpaired) electrons. The summed E-state index contributed by atoms with van der Waals surface area (Å²) in [5, 5.41) is 8.86. The van der Waals surface area contributed by atoms with E-state index in [2.05, 4.69) is 33.0 Å². The highest BCUT2D eigenvalue weighted by Crippen LogP contribution is 2.31. The molecule has 2 aliphatic heterocycles. The molecule has 25 heavy (non-hydrogen) atoms. The number of piperazine rings is 1. The van der Waals surface area contributed by atoms with Crippen molar-refractivity contribution >= 4 is 5.82 Å². The van der Waals surface area contributed by atoms with Gasteiger partial charge in [-0.2, -0.15) is 5.26 Å². The molecule has 0 amide bonds. The molecule has 128 valence electrons. The van der Waals surface area contributed by atoms with Crippen molar-refractivity contribution in [1.29, 1.82) is 5.26 Å². The summed E-state index contributed by atoms with van der Waals surface area (Å²) >= 11 is 0. The van der Waals surface area contributed by atoms with Crippen LogP contribution in [0.5, 0.6) is 11.5 Å². The zero-order valence-corrected chi connectivity index (χ0v) is 14.0. The molecule has 0 spiro atoms. The van der Waals surface area contributed by atoms with Crippen LogP contribution in [0.15, 0.2) is 36.5 Å². The Morgan fingerprint density at radius 1 is 1.00 bits per heavy atom. The summed E-state index contributed by atoms with van der Waals surface area (Å²) in [6.45, 7) is 5.98. The highest BCUT2D eigenvalue weighted by atomic mass is 16.6. The Labute approximate surface area is 147 Å². The number of benzene rings is 1. The molecule has 6 nitrogen and oxygen atoms in total. The molecule has 0 saturated carbocycles. The minimum absolute atomic E-state index is 0.598. The minimum Gasteiger partial charge on any atom is -0.486 e. The summed E-state index contributed by atoms with van der Waals surface area (Å²) in [5.41, 5.74) is 1.84. The molecule has 0 N–H and O–H groups in total. The lowest BCUT2D eigenvalue weighted by atomic mass is 10.1. The molecule has 0 atom stereocenters. The molecule has 0 aliphatic carbocycles. The summed E-state index contributed by atoms with van der Waals surface area (Å²) in [7, 11) is 0. The Bertz CT molecular complexity index is 777. The molecule has 6 heteroatoms. The van der Waals surface area contributed by atoms with Gasteiger partial charge in [-0.3, -0.25) is 4.90 Å². The third-order valence-corrected chi connectivity index (χ3v) is 4.59. The maximum absolute atomic E-state index is 8.86. The summed E-state index contributed by atoms with van der Waals surface area (Å²) in [5.74, 6) is 2.63. The second-order valence-electron chi connectivity index (χ2n) is 6.26. The van der Waals surface area contributed by atoms with E-state index in [4.69, 9.17) is 14.7 Å². The Morgan fingerprint density at radius 2 is 1.80 bits per heavy atom. The average Bonchev–Trinajstić information content (AvgIpc) is 2.69. The van der Waals surface area contributed by atoms with Gasteiger partial charge in [-0.25, -0.2) is 4.98 Å². The van der Waals surface area contributed by atoms with E-state index < -0.39 is 0 Å². The second-order valence-corrected chi connectivity index (χ2v) is 6.26. The quantitative estimate of drug-likeness (QED) is 0.855. The van der Waals surface area contributed by atoms with E-state index in [1.165, 1.54) is 5.56 Å². The number of anilines is 1. The third-order valence-electron chi connectivity index (χ3n) is 4.59. The van der Waals surface area contributed by atoms with Crippen LogP contribution in [0.4, 0.5) is 5.82 Å². The van der Waals surface area contributed by atoms with Crippen LogP contribution in [0.1, 0.15) is 11.1 Å². The van der Waals surface area contributed by atoms with E-state index in [1.54, 1.807) is 6.20 Å². The molecular weight excluding hydrogens is 316 g/mol. The first-order valence-electron chi connectivity index (χ1n) is 8.54. The Morgan fingerprint density at radius 3 is 2.52 bits per heavy atom. The van der Waals surface area contributed by atoms with Crippen LogP contribution in [0.25, 0.3) is 0 Å². The van der Waals surface area contributed by atoms with Gasteiger partial charge in [0.15, 0.2) is 11.5 Å². The van der Waals surface area contributed by atoms with Crippen LogP contribution in [0, 0.1) is 11.3 Å². The zero-order chi connectivity index (χ0) is 17.1. The topological polar surface area (TPSA) is 61.6 Å². The van der Waals surface area contributed by atoms with Gasteiger partial charge in [0.05, 0.1) is 5.56 Å². The lowest BCUT2D eigenvalue weighted by Gasteiger charge is -2.35. The molecule has 2 aliphatic rings. The fourth-order valence-electron chi connectivity index (χ4n) is 3.22. The fraction of sp³-hybridized carbons (Fsp3) is 0.368. The predicted octanol–water partition coefficient (Wildman–Crippen LogP) is 2.05. The van der Waals surface area contributed by atoms with Crippen molar-refractivity contribution in [3.05, 3.63) is 47.7 Å². The molecule has 3 heterocycles. The molecule has 1 aromatic carbocycles. The summed E-state index contributed by atoms with van der Waals surface area (Å²) in [6.07, 6.45) is 1.64. The highest BCUT2D eigenvalue weighted by Gasteiger charge is 2.19. The predicted molar refractivity (Wildman–Crippen MR) is 93.9 cm³/mol. The summed E-state index contributed by atoms with van der Waals surface area (Å²) < 4.78 is 11.2. The number of nitriles is 1. The largest absolute Gasteiger partial charge is 0.486 e. The van der Waals surface area contributed by atoms with Gasteiger partial charge in [0.25, 0.3) is 0 Å². The van der Waals surface area contributed by atoms with Crippen LogP contribution >= 0.6 is 0 Å². The van der Waals surface area contributed by atoms with E-state index in [0.717, 1.165) is 50.0 Å².